The molecular weight excluding hydrogens is 154 g/mol. The number of ether oxygens (including phenoxy) is 1. The number of nitrogens with two attached hydrogens (primary N) is 1. The first kappa shape index (κ1) is 9.26. The number of rotatable bonds is 2. The molecule has 0 aromatic heterocycles. The Morgan fingerprint density at radius 2 is 2.50 bits per heavy atom. The van der Waals surface area contributed by atoms with Gasteiger partial charge in [-0.3, -0.25) is 4.79 Å². The number of esters is 1. The summed E-state index contributed by atoms with van der Waals surface area (Å²) < 4.78 is 4.90. The Hall–Kier alpha value is -0.830. The molecule has 0 saturated carbocycles. The molecule has 1 rings (SSSR count). The van der Waals surface area contributed by atoms with Gasteiger partial charge in [-0.15, -0.1) is 0 Å². The maximum absolute atomic E-state index is 11.3. The smallest absolute Gasteiger partial charge is 0.310 e. The fourth-order valence-electron chi connectivity index (χ4n) is 1.38. The van der Waals surface area contributed by atoms with Crippen LogP contribution in [0, 0.1) is 5.92 Å². The van der Waals surface area contributed by atoms with Crippen molar-refractivity contribution in [3.8, 4) is 0 Å². The third-order valence-corrected chi connectivity index (χ3v) is 2.06. The maximum atomic E-state index is 11.3. The van der Waals surface area contributed by atoms with Crippen LogP contribution in [0.2, 0.25) is 0 Å². The Morgan fingerprint density at radius 3 is 3.08 bits per heavy atom. The first-order valence-electron chi connectivity index (χ1n) is 4.34. The molecule has 1 aliphatic carbocycles. The van der Waals surface area contributed by atoms with Crippen molar-refractivity contribution in [1.82, 2.24) is 0 Å². The van der Waals surface area contributed by atoms with E-state index in [0.717, 1.165) is 12.8 Å². The minimum absolute atomic E-state index is 0.130. The van der Waals surface area contributed by atoms with Gasteiger partial charge in [0.05, 0.1) is 12.5 Å². The molecule has 0 aromatic carbocycles. The molecule has 0 aromatic rings. The van der Waals surface area contributed by atoms with E-state index in [1.54, 1.807) is 0 Å². The van der Waals surface area contributed by atoms with E-state index in [9.17, 15) is 4.79 Å². The number of carbonyl (C=O) groups is 1. The van der Waals surface area contributed by atoms with Crippen molar-refractivity contribution in [3.63, 3.8) is 0 Å². The van der Waals surface area contributed by atoms with Crippen LogP contribution in [0.25, 0.3) is 0 Å². The van der Waals surface area contributed by atoms with Gasteiger partial charge < -0.3 is 10.5 Å². The summed E-state index contributed by atoms with van der Waals surface area (Å²) >= 11 is 0. The summed E-state index contributed by atoms with van der Waals surface area (Å²) in [7, 11) is 0. The van der Waals surface area contributed by atoms with Crippen molar-refractivity contribution in [2.75, 3.05) is 6.61 Å². The van der Waals surface area contributed by atoms with Crippen molar-refractivity contribution < 1.29 is 9.53 Å². The third kappa shape index (κ3) is 2.08. The van der Waals surface area contributed by atoms with Crippen LogP contribution < -0.4 is 5.73 Å². The molecule has 0 heterocycles. The minimum Gasteiger partial charge on any atom is -0.466 e. The largest absolute Gasteiger partial charge is 0.466 e. The molecule has 0 unspecified atom stereocenters. The van der Waals surface area contributed by atoms with Gasteiger partial charge in [-0.25, -0.2) is 0 Å². The van der Waals surface area contributed by atoms with Crippen molar-refractivity contribution in [2.45, 2.75) is 25.8 Å². The zero-order valence-electron chi connectivity index (χ0n) is 7.32. The van der Waals surface area contributed by atoms with Gasteiger partial charge in [-0.1, -0.05) is 12.2 Å². The van der Waals surface area contributed by atoms with Gasteiger partial charge in [-0.2, -0.15) is 0 Å². The lowest BCUT2D eigenvalue weighted by Gasteiger charge is -2.22. The predicted molar refractivity (Wildman–Crippen MR) is 46.5 cm³/mol. The Labute approximate surface area is 72.6 Å². The number of carbonyl (C=O) groups excluding carboxylic acids is 1. The van der Waals surface area contributed by atoms with Crippen molar-refractivity contribution >= 4 is 5.97 Å². The summed E-state index contributed by atoms with van der Waals surface area (Å²) in [6.07, 6.45) is 5.64. The molecule has 0 spiro atoms. The predicted octanol–water partition coefficient (Wildman–Crippen LogP) is 0.843. The molecule has 1 aliphatic rings. The topological polar surface area (TPSA) is 52.3 Å². The Balaban J connectivity index is 2.50. The highest BCUT2D eigenvalue weighted by Crippen LogP contribution is 2.18. The van der Waals surface area contributed by atoms with Gasteiger partial charge in [0, 0.05) is 6.04 Å². The Morgan fingerprint density at radius 1 is 1.75 bits per heavy atom. The van der Waals surface area contributed by atoms with Gasteiger partial charge in [-0.05, 0) is 19.8 Å². The van der Waals surface area contributed by atoms with Crippen LogP contribution in [0.3, 0.4) is 0 Å². The zero-order chi connectivity index (χ0) is 8.97. The molecule has 0 aliphatic heterocycles. The monoisotopic (exact) mass is 169 g/mol. The molecule has 12 heavy (non-hydrogen) atoms. The van der Waals surface area contributed by atoms with E-state index in [2.05, 4.69) is 0 Å². The summed E-state index contributed by atoms with van der Waals surface area (Å²) in [4.78, 5) is 11.3. The molecule has 3 heteroatoms. The van der Waals surface area contributed by atoms with Crippen LogP contribution in [0.1, 0.15) is 19.8 Å². The first-order chi connectivity index (χ1) is 5.75. The van der Waals surface area contributed by atoms with Crippen LogP contribution in [-0.2, 0) is 9.53 Å². The summed E-state index contributed by atoms with van der Waals surface area (Å²) in [5, 5.41) is 0. The first-order valence-corrected chi connectivity index (χ1v) is 4.34. The zero-order valence-corrected chi connectivity index (χ0v) is 7.32. The number of hydrogen-bond donors (Lipinski definition) is 1. The second-order valence-electron chi connectivity index (χ2n) is 2.94. The van der Waals surface area contributed by atoms with Gasteiger partial charge in [0.2, 0.25) is 0 Å². The molecule has 0 bridgehead atoms. The van der Waals surface area contributed by atoms with E-state index >= 15 is 0 Å². The molecule has 68 valence electrons. The van der Waals surface area contributed by atoms with Crippen molar-refractivity contribution in [2.24, 2.45) is 11.7 Å². The van der Waals surface area contributed by atoms with E-state index in [4.69, 9.17) is 10.5 Å². The lowest BCUT2D eigenvalue weighted by Crippen LogP contribution is -2.36. The van der Waals surface area contributed by atoms with Crippen LogP contribution >= 0.6 is 0 Å². The summed E-state index contributed by atoms with van der Waals surface area (Å²) in [5.74, 6) is -0.288. The molecule has 0 radical (unpaired) electrons. The van der Waals surface area contributed by atoms with E-state index in [0.29, 0.717) is 6.61 Å². The lowest BCUT2D eigenvalue weighted by atomic mass is 9.90. The van der Waals surface area contributed by atoms with Crippen LogP contribution in [0.5, 0.6) is 0 Å². The average molecular weight is 169 g/mol. The fourth-order valence-corrected chi connectivity index (χ4v) is 1.38. The van der Waals surface area contributed by atoms with E-state index < -0.39 is 0 Å². The van der Waals surface area contributed by atoms with Crippen LogP contribution in [0.4, 0.5) is 0 Å². The SMILES string of the molecule is CCOC(=O)[C@@H]1CCC=C[C@@H]1N. The standard InChI is InChI=1S/C9H15NO2/c1-2-12-9(11)7-5-3-4-6-8(7)10/h4,6-8H,2-3,5,10H2,1H3/t7-,8+/m1/s1. The van der Waals surface area contributed by atoms with Gasteiger partial charge in [0.1, 0.15) is 0 Å². The summed E-state index contributed by atoms with van der Waals surface area (Å²) in [6.45, 7) is 2.24. The Bertz CT molecular complexity index is 189. The lowest BCUT2D eigenvalue weighted by molar-refractivity contribution is -0.148. The van der Waals surface area contributed by atoms with E-state index in [1.165, 1.54) is 0 Å². The normalized spacial score (nSPS) is 28.5. The van der Waals surface area contributed by atoms with Crippen molar-refractivity contribution in [3.05, 3.63) is 12.2 Å². The maximum Gasteiger partial charge on any atom is 0.310 e. The van der Waals surface area contributed by atoms with Crippen LogP contribution in [-0.4, -0.2) is 18.6 Å². The highest BCUT2D eigenvalue weighted by Gasteiger charge is 2.26. The van der Waals surface area contributed by atoms with E-state index in [1.807, 2.05) is 19.1 Å². The molecular formula is C9H15NO2. The second-order valence-corrected chi connectivity index (χ2v) is 2.94. The van der Waals surface area contributed by atoms with Crippen molar-refractivity contribution in [1.29, 1.82) is 0 Å². The highest BCUT2D eigenvalue weighted by atomic mass is 16.5. The fraction of sp³-hybridized carbons (Fsp3) is 0.667. The molecule has 3 nitrogen and oxygen atoms in total. The molecule has 0 saturated heterocycles. The molecule has 0 amide bonds. The average Bonchev–Trinajstić information content (AvgIpc) is 2.05. The quantitative estimate of drug-likeness (QED) is 0.492. The van der Waals surface area contributed by atoms with E-state index in [-0.39, 0.29) is 17.9 Å². The number of allylic oxidation sites excluding steroid dienone is 1. The van der Waals surface area contributed by atoms with Gasteiger partial charge in [0.25, 0.3) is 0 Å². The van der Waals surface area contributed by atoms with Crippen LogP contribution in [0.15, 0.2) is 12.2 Å². The van der Waals surface area contributed by atoms with Gasteiger partial charge in [0.15, 0.2) is 0 Å². The van der Waals surface area contributed by atoms with Gasteiger partial charge >= 0.3 is 5.97 Å². The third-order valence-electron chi connectivity index (χ3n) is 2.06. The molecule has 2 N–H and O–H groups in total. The molecule has 0 fully saturated rings. The minimum atomic E-state index is -0.158. The summed E-state index contributed by atoms with van der Waals surface area (Å²) in [5.41, 5.74) is 5.72. The molecule has 2 atom stereocenters. The number of hydrogen-bond acceptors (Lipinski definition) is 3. The highest BCUT2D eigenvalue weighted by molar-refractivity contribution is 5.73. The Kier molecular flexibility index (Phi) is 3.29. The summed E-state index contributed by atoms with van der Waals surface area (Å²) in [6, 6.07) is -0.155. The second kappa shape index (κ2) is 4.26.